The molecule has 0 radical (unpaired) electrons. The average molecular weight is 212 g/mol. The molecule has 0 N–H and O–H groups in total. The molecule has 0 amide bonds. The maximum absolute atomic E-state index is 10.5. The minimum absolute atomic E-state index is 0.610. The number of anilines is 1. The maximum Gasteiger partial charge on any atom is 0.185 e. The lowest BCUT2D eigenvalue weighted by molar-refractivity contribution is 0.112. The molecule has 3 nitrogen and oxygen atoms in total. The third kappa shape index (κ3) is 2.80. The maximum atomic E-state index is 10.5. The number of hydrogen-bond donors (Lipinski definition) is 0. The summed E-state index contributed by atoms with van der Waals surface area (Å²) < 4.78 is 0. The van der Waals surface area contributed by atoms with Crippen LogP contribution in [0.2, 0.25) is 0 Å². The molecule has 1 aromatic rings. The SMILES string of the molecule is CCN(CC(C)C)c1ncc(C=O)s1. The lowest BCUT2D eigenvalue weighted by Gasteiger charge is -2.21. The van der Waals surface area contributed by atoms with Crippen LogP contribution >= 0.6 is 11.3 Å². The van der Waals surface area contributed by atoms with E-state index in [-0.39, 0.29) is 0 Å². The zero-order valence-electron chi connectivity index (χ0n) is 8.86. The predicted molar refractivity (Wildman–Crippen MR) is 60.2 cm³/mol. The van der Waals surface area contributed by atoms with Crippen molar-refractivity contribution >= 4 is 22.8 Å². The van der Waals surface area contributed by atoms with Gasteiger partial charge < -0.3 is 4.90 Å². The van der Waals surface area contributed by atoms with Crippen LogP contribution in [-0.2, 0) is 0 Å². The van der Waals surface area contributed by atoms with Gasteiger partial charge in [0.15, 0.2) is 11.4 Å². The van der Waals surface area contributed by atoms with Gasteiger partial charge in [0, 0.05) is 13.1 Å². The van der Waals surface area contributed by atoms with Gasteiger partial charge in [-0.1, -0.05) is 25.2 Å². The number of hydrogen-bond acceptors (Lipinski definition) is 4. The van der Waals surface area contributed by atoms with Gasteiger partial charge in [0.1, 0.15) is 0 Å². The summed E-state index contributed by atoms with van der Waals surface area (Å²) in [4.78, 5) is 17.6. The van der Waals surface area contributed by atoms with Gasteiger partial charge in [-0.25, -0.2) is 4.98 Å². The fourth-order valence-corrected chi connectivity index (χ4v) is 2.06. The number of thiazole rings is 1. The van der Waals surface area contributed by atoms with Gasteiger partial charge in [0.05, 0.1) is 11.1 Å². The third-order valence-electron chi connectivity index (χ3n) is 1.87. The second-order valence-corrected chi connectivity index (χ2v) is 4.64. The van der Waals surface area contributed by atoms with E-state index >= 15 is 0 Å². The molecule has 0 spiro atoms. The summed E-state index contributed by atoms with van der Waals surface area (Å²) in [6.07, 6.45) is 2.49. The van der Waals surface area contributed by atoms with Crippen molar-refractivity contribution in [3.8, 4) is 0 Å². The topological polar surface area (TPSA) is 33.2 Å². The molecule has 0 bridgehead atoms. The molecule has 1 aromatic heterocycles. The Bertz CT molecular complexity index is 296. The van der Waals surface area contributed by atoms with Crippen molar-refractivity contribution in [1.82, 2.24) is 4.98 Å². The quantitative estimate of drug-likeness (QED) is 0.703. The highest BCUT2D eigenvalue weighted by molar-refractivity contribution is 7.17. The molecule has 0 fully saturated rings. The average Bonchev–Trinajstić information content (AvgIpc) is 2.62. The Kier molecular flexibility index (Phi) is 4.07. The van der Waals surface area contributed by atoms with E-state index in [0.29, 0.717) is 10.8 Å². The van der Waals surface area contributed by atoms with Crippen LogP contribution in [0.4, 0.5) is 5.13 Å². The summed E-state index contributed by atoms with van der Waals surface area (Å²) in [5.41, 5.74) is 0. The molecular weight excluding hydrogens is 196 g/mol. The van der Waals surface area contributed by atoms with E-state index in [1.807, 2.05) is 0 Å². The molecule has 0 unspecified atom stereocenters. The van der Waals surface area contributed by atoms with Gasteiger partial charge in [-0.05, 0) is 12.8 Å². The van der Waals surface area contributed by atoms with Crippen molar-refractivity contribution in [2.75, 3.05) is 18.0 Å². The second-order valence-electron chi connectivity index (χ2n) is 3.60. The second kappa shape index (κ2) is 5.10. The van der Waals surface area contributed by atoms with Crippen molar-refractivity contribution in [1.29, 1.82) is 0 Å². The highest BCUT2D eigenvalue weighted by Gasteiger charge is 2.10. The fraction of sp³-hybridized carbons (Fsp3) is 0.600. The van der Waals surface area contributed by atoms with E-state index in [1.54, 1.807) is 6.20 Å². The van der Waals surface area contributed by atoms with Crippen molar-refractivity contribution in [3.05, 3.63) is 11.1 Å². The van der Waals surface area contributed by atoms with Crippen LogP contribution in [0.15, 0.2) is 6.20 Å². The van der Waals surface area contributed by atoms with Crippen LogP contribution in [-0.4, -0.2) is 24.4 Å². The van der Waals surface area contributed by atoms with Gasteiger partial charge in [-0.15, -0.1) is 0 Å². The van der Waals surface area contributed by atoms with Crippen LogP contribution < -0.4 is 4.90 Å². The normalized spacial score (nSPS) is 10.6. The molecule has 1 heterocycles. The molecule has 0 aliphatic rings. The van der Waals surface area contributed by atoms with Crippen LogP contribution in [0.25, 0.3) is 0 Å². The van der Waals surface area contributed by atoms with Crippen LogP contribution in [0, 0.1) is 5.92 Å². The van der Waals surface area contributed by atoms with Crippen LogP contribution in [0.3, 0.4) is 0 Å². The summed E-state index contributed by atoms with van der Waals surface area (Å²) in [5.74, 6) is 0.610. The molecule has 0 aliphatic carbocycles. The van der Waals surface area contributed by atoms with Gasteiger partial charge in [-0.3, -0.25) is 4.79 Å². The molecule has 0 saturated carbocycles. The van der Waals surface area contributed by atoms with Crippen LogP contribution in [0.5, 0.6) is 0 Å². The first kappa shape index (κ1) is 11.2. The van der Waals surface area contributed by atoms with Crippen molar-refractivity contribution in [2.45, 2.75) is 20.8 Å². The van der Waals surface area contributed by atoms with Crippen molar-refractivity contribution in [2.24, 2.45) is 5.92 Å². The zero-order valence-corrected chi connectivity index (χ0v) is 9.67. The van der Waals surface area contributed by atoms with E-state index in [2.05, 4.69) is 30.7 Å². The first-order valence-electron chi connectivity index (χ1n) is 4.83. The first-order valence-corrected chi connectivity index (χ1v) is 5.65. The number of aromatic nitrogens is 1. The lowest BCUT2D eigenvalue weighted by atomic mass is 10.2. The largest absolute Gasteiger partial charge is 0.348 e. The number of nitrogens with zero attached hydrogens (tertiary/aromatic N) is 2. The molecule has 0 aromatic carbocycles. The smallest absolute Gasteiger partial charge is 0.185 e. The van der Waals surface area contributed by atoms with Crippen LogP contribution in [0.1, 0.15) is 30.4 Å². The fourth-order valence-electron chi connectivity index (χ4n) is 1.26. The van der Waals surface area contributed by atoms with Gasteiger partial charge in [-0.2, -0.15) is 0 Å². The lowest BCUT2D eigenvalue weighted by Crippen LogP contribution is -2.26. The Balaban J connectivity index is 2.73. The van der Waals surface area contributed by atoms with Crippen molar-refractivity contribution in [3.63, 3.8) is 0 Å². The Morgan fingerprint density at radius 3 is 2.79 bits per heavy atom. The monoisotopic (exact) mass is 212 g/mol. The summed E-state index contributed by atoms with van der Waals surface area (Å²) >= 11 is 1.45. The molecule has 14 heavy (non-hydrogen) atoms. The van der Waals surface area contributed by atoms with Gasteiger partial charge in [0.25, 0.3) is 0 Å². The highest BCUT2D eigenvalue weighted by Crippen LogP contribution is 2.21. The highest BCUT2D eigenvalue weighted by atomic mass is 32.1. The minimum atomic E-state index is 0.610. The molecule has 0 atom stereocenters. The Hall–Kier alpha value is -0.900. The Labute approximate surface area is 88.8 Å². The summed E-state index contributed by atoms with van der Waals surface area (Å²) in [5, 5.41) is 0.948. The first-order chi connectivity index (χ1) is 6.67. The van der Waals surface area contributed by atoms with Gasteiger partial charge >= 0.3 is 0 Å². The molecular formula is C10H16N2OS. The summed E-state index contributed by atoms with van der Waals surface area (Å²) in [6.45, 7) is 8.38. The number of carbonyl (C=O) groups excluding carboxylic acids is 1. The summed E-state index contributed by atoms with van der Waals surface area (Å²) in [6, 6.07) is 0. The molecule has 1 rings (SSSR count). The van der Waals surface area contributed by atoms with E-state index < -0.39 is 0 Å². The van der Waals surface area contributed by atoms with E-state index in [0.717, 1.165) is 24.5 Å². The molecule has 0 saturated heterocycles. The Morgan fingerprint density at radius 2 is 2.36 bits per heavy atom. The summed E-state index contributed by atoms with van der Waals surface area (Å²) in [7, 11) is 0. The van der Waals surface area contributed by atoms with Gasteiger partial charge in [0.2, 0.25) is 0 Å². The van der Waals surface area contributed by atoms with Crippen molar-refractivity contribution < 1.29 is 4.79 Å². The molecule has 0 aliphatic heterocycles. The third-order valence-corrected chi connectivity index (χ3v) is 2.85. The number of carbonyl (C=O) groups is 1. The molecule has 78 valence electrons. The predicted octanol–water partition coefficient (Wildman–Crippen LogP) is 2.44. The zero-order chi connectivity index (χ0) is 10.6. The Morgan fingerprint density at radius 1 is 1.64 bits per heavy atom. The number of rotatable bonds is 5. The van der Waals surface area contributed by atoms with E-state index in [9.17, 15) is 4.79 Å². The van der Waals surface area contributed by atoms with E-state index in [4.69, 9.17) is 0 Å². The van der Waals surface area contributed by atoms with E-state index in [1.165, 1.54) is 11.3 Å². The standard InChI is InChI=1S/C10H16N2OS/c1-4-12(6-8(2)3)10-11-5-9(7-13)14-10/h5,7-8H,4,6H2,1-3H3. The number of aldehydes is 1. The minimum Gasteiger partial charge on any atom is -0.348 e. The molecule has 4 heteroatoms.